The molecule has 0 atom stereocenters. The first-order valence-electron chi connectivity index (χ1n) is 6.94. The minimum atomic E-state index is 0.788. The molecule has 0 saturated carbocycles. The molecule has 0 bridgehead atoms. The van der Waals surface area contributed by atoms with Crippen LogP contribution >= 0.6 is 15.9 Å². The van der Waals surface area contributed by atoms with Crippen molar-refractivity contribution in [2.45, 2.75) is 12.3 Å². The number of anilines is 2. The van der Waals surface area contributed by atoms with Gasteiger partial charge in [-0.3, -0.25) is 0 Å². The van der Waals surface area contributed by atoms with Crippen LogP contribution in [0, 0.1) is 6.92 Å². The van der Waals surface area contributed by atoms with Gasteiger partial charge in [-0.05, 0) is 30.7 Å². The van der Waals surface area contributed by atoms with Crippen LogP contribution in [-0.4, -0.2) is 12.0 Å². The molecule has 2 aromatic carbocycles. The summed E-state index contributed by atoms with van der Waals surface area (Å²) in [5.41, 5.74) is 4.65. The van der Waals surface area contributed by atoms with E-state index in [-0.39, 0.29) is 0 Å². The standard InChI is InChI=1S/C18H17BrN2/c1-13-7-3-6-10-17(13)21(2)18-15(12-19)11-14-8-4-5-9-16(14)20-18/h3-11H,12H2,1-2H3. The first-order valence-corrected chi connectivity index (χ1v) is 8.07. The highest BCUT2D eigenvalue weighted by Gasteiger charge is 2.13. The summed E-state index contributed by atoms with van der Waals surface area (Å²) < 4.78 is 0. The lowest BCUT2D eigenvalue weighted by Crippen LogP contribution is -2.14. The second-order valence-corrected chi connectivity index (χ2v) is 5.70. The van der Waals surface area contributed by atoms with E-state index < -0.39 is 0 Å². The molecule has 0 N–H and O–H groups in total. The molecule has 1 aromatic heterocycles. The van der Waals surface area contributed by atoms with Crippen LogP contribution in [0.1, 0.15) is 11.1 Å². The van der Waals surface area contributed by atoms with Crippen molar-refractivity contribution in [2.75, 3.05) is 11.9 Å². The van der Waals surface area contributed by atoms with Gasteiger partial charge in [-0.2, -0.15) is 0 Å². The summed E-state index contributed by atoms with van der Waals surface area (Å²) in [4.78, 5) is 7.02. The highest BCUT2D eigenvalue weighted by molar-refractivity contribution is 9.08. The second-order valence-electron chi connectivity index (χ2n) is 5.14. The van der Waals surface area contributed by atoms with Crippen molar-refractivity contribution in [3.63, 3.8) is 0 Å². The summed E-state index contributed by atoms with van der Waals surface area (Å²) in [6.45, 7) is 2.13. The van der Waals surface area contributed by atoms with Gasteiger partial charge < -0.3 is 4.90 Å². The van der Waals surface area contributed by atoms with E-state index in [0.717, 1.165) is 16.7 Å². The highest BCUT2D eigenvalue weighted by Crippen LogP contribution is 2.31. The van der Waals surface area contributed by atoms with Crippen molar-refractivity contribution in [1.29, 1.82) is 0 Å². The molecule has 0 radical (unpaired) electrons. The zero-order chi connectivity index (χ0) is 14.8. The first-order chi connectivity index (χ1) is 10.2. The minimum absolute atomic E-state index is 0.788. The third-order valence-electron chi connectivity index (χ3n) is 3.72. The number of rotatable bonds is 3. The third-order valence-corrected chi connectivity index (χ3v) is 4.32. The van der Waals surface area contributed by atoms with E-state index in [0.29, 0.717) is 0 Å². The van der Waals surface area contributed by atoms with Gasteiger partial charge in [0.1, 0.15) is 5.82 Å². The number of aryl methyl sites for hydroxylation is 1. The molecule has 21 heavy (non-hydrogen) atoms. The average Bonchev–Trinajstić information content (AvgIpc) is 2.53. The number of hydrogen-bond donors (Lipinski definition) is 0. The van der Waals surface area contributed by atoms with Crippen LogP contribution in [0.3, 0.4) is 0 Å². The summed E-state index contributed by atoms with van der Waals surface area (Å²) in [5.74, 6) is 1.000. The lowest BCUT2D eigenvalue weighted by Gasteiger charge is -2.23. The Balaban J connectivity index is 2.16. The first kappa shape index (κ1) is 14.1. The Morgan fingerprint density at radius 2 is 1.76 bits per heavy atom. The maximum Gasteiger partial charge on any atom is 0.137 e. The number of hydrogen-bond acceptors (Lipinski definition) is 2. The van der Waals surface area contributed by atoms with Crippen LogP contribution in [0.4, 0.5) is 11.5 Å². The van der Waals surface area contributed by atoms with Crippen LogP contribution in [0.2, 0.25) is 0 Å². The summed E-state index contributed by atoms with van der Waals surface area (Å²) in [6.07, 6.45) is 0. The molecule has 106 valence electrons. The summed E-state index contributed by atoms with van der Waals surface area (Å²) in [7, 11) is 2.08. The molecular weight excluding hydrogens is 324 g/mol. The number of para-hydroxylation sites is 2. The molecular formula is C18H17BrN2. The highest BCUT2D eigenvalue weighted by atomic mass is 79.9. The van der Waals surface area contributed by atoms with Gasteiger partial charge in [0.15, 0.2) is 0 Å². The molecule has 3 rings (SSSR count). The fourth-order valence-corrected chi connectivity index (χ4v) is 3.00. The average molecular weight is 341 g/mol. The van der Waals surface area contributed by atoms with E-state index >= 15 is 0 Å². The normalized spacial score (nSPS) is 10.8. The predicted octanol–water partition coefficient (Wildman–Crippen LogP) is 5.21. The lowest BCUT2D eigenvalue weighted by atomic mass is 10.1. The quantitative estimate of drug-likeness (QED) is 0.608. The summed E-state index contributed by atoms with van der Waals surface area (Å²) >= 11 is 3.59. The molecule has 1 heterocycles. The summed E-state index contributed by atoms with van der Waals surface area (Å²) in [6, 6.07) is 18.8. The largest absolute Gasteiger partial charge is 0.329 e. The molecule has 3 heteroatoms. The van der Waals surface area contributed by atoms with E-state index in [1.165, 1.54) is 22.2 Å². The van der Waals surface area contributed by atoms with E-state index in [1.54, 1.807) is 0 Å². The number of pyridine rings is 1. The Morgan fingerprint density at radius 1 is 1.05 bits per heavy atom. The Morgan fingerprint density at radius 3 is 2.52 bits per heavy atom. The molecule has 0 unspecified atom stereocenters. The Labute approximate surface area is 133 Å². The molecule has 2 nitrogen and oxygen atoms in total. The summed E-state index contributed by atoms with van der Waals surface area (Å²) in [5, 5.41) is 1.96. The second kappa shape index (κ2) is 5.86. The van der Waals surface area contributed by atoms with Crippen LogP contribution < -0.4 is 4.90 Å². The van der Waals surface area contributed by atoms with Gasteiger partial charge in [0.2, 0.25) is 0 Å². The zero-order valence-electron chi connectivity index (χ0n) is 12.2. The molecule has 0 fully saturated rings. The maximum atomic E-state index is 4.86. The zero-order valence-corrected chi connectivity index (χ0v) is 13.8. The van der Waals surface area contributed by atoms with Gasteiger partial charge in [-0.1, -0.05) is 52.3 Å². The van der Waals surface area contributed by atoms with Crippen LogP contribution in [0.15, 0.2) is 54.6 Å². The number of benzene rings is 2. The van der Waals surface area contributed by atoms with Gasteiger partial charge >= 0.3 is 0 Å². The lowest BCUT2D eigenvalue weighted by molar-refractivity contribution is 1.11. The predicted molar refractivity (Wildman–Crippen MR) is 93.6 cm³/mol. The van der Waals surface area contributed by atoms with Gasteiger partial charge in [-0.25, -0.2) is 4.98 Å². The third kappa shape index (κ3) is 2.66. The maximum absolute atomic E-state index is 4.86. The number of fused-ring (bicyclic) bond motifs is 1. The van der Waals surface area contributed by atoms with Crippen molar-refractivity contribution in [3.8, 4) is 0 Å². The molecule has 3 aromatic rings. The van der Waals surface area contributed by atoms with Crippen molar-refractivity contribution >= 4 is 38.3 Å². The SMILES string of the molecule is Cc1ccccc1N(C)c1nc2ccccc2cc1CBr. The molecule has 0 aliphatic rings. The number of alkyl halides is 1. The van der Waals surface area contributed by atoms with E-state index in [1.807, 2.05) is 12.1 Å². The van der Waals surface area contributed by atoms with Crippen LogP contribution in [0.5, 0.6) is 0 Å². The number of aromatic nitrogens is 1. The molecule has 0 saturated heterocycles. The Hall–Kier alpha value is -1.87. The van der Waals surface area contributed by atoms with Crippen molar-refractivity contribution in [2.24, 2.45) is 0 Å². The van der Waals surface area contributed by atoms with Crippen LogP contribution in [-0.2, 0) is 5.33 Å². The van der Waals surface area contributed by atoms with E-state index in [2.05, 4.69) is 77.3 Å². The topological polar surface area (TPSA) is 16.1 Å². The van der Waals surface area contributed by atoms with Gasteiger partial charge in [0.25, 0.3) is 0 Å². The van der Waals surface area contributed by atoms with Crippen molar-refractivity contribution in [3.05, 3.63) is 65.7 Å². The molecule has 0 spiro atoms. The smallest absolute Gasteiger partial charge is 0.137 e. The number of nitrogens with zero attached hydrogens (tertiary/aromatic N) is 2. The molecule has 0 aliphatic carbocycles. The Bertz CT molecular complexity index is 783. The molecule has 0 amide bonds. The van der Waals surface area contributed by atoms with Gasteiger partial charge in [-0.15, -0.1) is 0 Å². The minimum Gasteiger partial charge on any atom is -0.329 e. The fourth-order valence-electron chi connectivity index (χ4n) is 2.59. The fraction of sp³-hybridized carbons (Fsp3) is 0.167. The van der Waals surface area contributed by atoms with Gasteiger partial charge in [0.05, 0.1) is 5.52 Å². The van der Waals surface area contributed by atoms with Crippen molar-refractivity contribution < 1.29 is 0 Å². The van der Waals surface area contributed by atoms with Crippen LogP contribution in [0.25, 0.3) is 10.9 Å². The molecule has 0 aliphatic heterocycles. The van der Waals surface area contributed by atoms with Crippen molar-refractivity contribution in [1.82, 2.24) is 4.98 Å². The van der Waals surface area contributed by atoms with E-state index in [9.17, 15) is 0 Å². The number of halogens is 1. The van der Waals surface area contributed by atoms with Gasteiger partial charge in [0, 0.05) is 29.0 Å². The Kier molecular flexibility index (Phi) is 3.93. The van der Waals surface area contributed by atoms with E-state index in [4.69, 9.17) is 4.98 Å². The monoisotopic (exact) mass is 340 g/mol.